The van der Waals surface area contributed by atoms with Crippen molar-refractivity contribution in [3.63, 3.8) is 0 Å². The van der Waals surface area contributed by atoms with Gasteiger partial charge in [-0.1, -0.05) is 0 Å². The molecule has 2 rings (SSSR count). The Morgan fingerprint density at radius 1 is 1.45 bits per heavy atom. The smallest absolute Gasteiger partial charge is 0.334 e. The lowest BCUT2D eigenvalue weighted by Gasteiger charge is -2.10. The predicted molar refractivity (Wildman–Crippen MR) is 42.7 cm³/mol. The second-order valence-corrected chi connectivity index (χ2v) is 2.59. The van der Waals surface area contributed by atoms with Crippen molar-refractivity contribution in [2.75, 3.05) is 19.7 Å². The average Bonchev–Trinajstić information content (AvgIpc) is 2.34. The summed E-state index contributed by atoms with van der Waals surface area (Å²) >= 11 is 0. The van der Waals surface area contributed by atoms with Crippen LogP contribution in [-0.4, -0.2) is 25.7 Å². The Morgan fingerprint density at radius 3 is 3.00 bits per heavy atom. The van der Waals surface area contributed by atoms with Crippen LogP contribution in [0.15, 0.2) is 11.1 Å². The van der Waals surface area contributed by atoms with Gasteiger partial charge in [0.15, 0.2) is 0 Å². The minimum atomic E-state index is -0.100. The fourth-order valence-corrected chi connectivity index (χ4v) is 1.36. The summed E-state index contributed by atoms with van der Waals surface area (Å²) in [5.41, 5.74) is 2.06. The Labute approximate surface area is 71.2 Å². The van der Waals surface area contributed by atoms with Crippen molar-refractivity contribution in [3.05, 3.63) is 11.1 Å². The van der Waals surface area contributed by atoms with E-state index >= 15 is 0 Å². The van der Waals surface area contributed by atoms with Crippen LogP contribution < -0.4 is 5.32 Å². The molecule has 3 nitrogen and oxygen atoms in total. The molecule has 0 unspecified atom stereocenters. The third-order valence-electron chi connectivity index (χ3n) is 1.94. The molecule has 0 aromatic heterocycles. The van der Waals surface area contributed by atoms with Crippen LogP contribution in [0.1, 0.15) is 6.42 Å². The summed E-state index contributed by atoms with van der Waals surface area (Å²) in [4.78, 5) is 10.9. The quantitative estimate of drug-likeness (QED) is 0.537. The highest BCUT2D eigenvalue weighted by Crippen LogP contribution is 2.20. The Hall–Kier alpha value is -0.540. The number of cyclic esters (lactones) is 1. The number of hydrogen-bond donors (Lipinski definition) is 1. The zero-order valence-electron chi connectivity index (χ0n) is 6.05. The van der Waals surface area contributed by atoms with Crippen LogP contribution in [0.3, 0.4) is 0 Å². The van der Waals surface area contributed by atoms with Crippen molar-refractivity contribution in [1.82, 2.24) is 5.32 Å². The normalized spacial score (nSPS) is 22.4. The molecule has 62 valence electrons. The summed E-state index contributed by atoms with van der Waals surface area (Å²) in [7, 11) is 0. The van der Waals surface area contributed by atoms with Gasteiger partial charge in [0.1, 0.15) is 6.61 Å². The van der Waals surface area contributed by atoms with Crippen molar-refractivity contribution in [1.29, 1.82) is 0 Å². The maximum Gasteiger partial charge on any atom is 0.334 e. The zero-order valence-corrected chi connectivity index (χ0v) is 6.87. The molecular weight excluding hydrogens is 166 g/mol. The van der Waals surface area contributed by atoms with E-state index in [0.29, 0.717) is 6.61 Å². The SMILES string of the molecule is Cl.O=C1OCC2=C1CCNC2. The number of nitrogens with one attached hydrogen (secondary N) is 1. The second kappa shape index (κ2) is 3.24. The molecule has 0 saturated carbocycles. The van der Waals surface area contributed by atoms with Crippen LogP contribution in [0.5, 0.6) is 0 Å². The molecule has 2 aliphatic heterocycles. The van der Waals surface area contributed by atoms with Gasteiger partial charge in [0, 0.05) is 12.1 Å². The van der Waals surface area contributed by atoms with Crippen molar-refractivity contribution < 1.29 is 9.53 Å². The van der Waals surface area contributed by atoms with Crippen molar-refractivity contribution in [3.8, 4) is 0 Å². The van der Waals surface area contributed by atoms with Gasteiger partial charge < -0.3 is 10.1 Å². The average molecular weight is 176 g/mol. The molecule has 0 fully saturated rings. The van der Waals surface area contributed by atoms with Crippen LogP contribution in [0.2, 0.25) is 0 Å². The molecule has 0 saturated heterocycles. The maximum atomic E-state index is 10.9. The van der Waals surface area contributed by atoms with E-state index in [4.69, 9.17) is 4.74 Å². The molecule has 0 aliphatic carbocycles. The Kier molecular flexibility index (Phi) is 2.52. The molecule has 1 N–H and O–H groups in total. The number of hydrogen-bond acceptors (Lipinski definition) is 3. The van der Waals surface area contributed by atoms with E-state index in [2.05, 4.69) is 5.32 Å². The predicted octanol–water partition coefficient (Wildman–Crippen LogP) is 0.255. The Balaban J connectivity index is 0.000000605. The molecular formula is C7H10ClNO2. The second-order valence-electron chi connectivity index (χ2n) is 2.59. The van der Waals surface area contributed by atoms with Gasteiger partial charge in [-0.15, -0.1) is 12.4 Å². The van der Waals surface area contributed by atoms with E-state index in [1.54, 1.807) is 0 Å². The number of carbonyl (C=O) groups is 1. The molecule has 4 heteroatoms. The monoisotopic (exact) mass is 175 g/mol. The molecule has 0 aromatic rings. The lowest BCUT2D eigenvalue weighted by Crippen LogP contribution is -2.25. The first kappa shape index (κ1) is 8.56. The van der Waals surface area contributed by atoms with Crippen LogP contribution in [0, 0.1) is 0 Å². The van der Waals surface area contributed by atoms with E-state index in [0.717, 1.165) is 30.7 Å². The van der Waals surface area contributed by atoms with Crippen LogP contribution in [0.25, 0.3) is 0 Å². The van der Waals surface area contributed by atoms with Gasteiger partial charge in [-0.3, -0.25) is 0 Å². The van der Waals surface area contributed by atoms with Gasteiger partial charge in [0.2, 0.25) is 0 Å². The molecule has 2 heterocycles. The minimum Gasteiger partial charge on any atom is -0.458 e. The Bertz CT molecular complexity index is 212. The first-order valence-electron chi connectivity index (χ1n) is 3.46. The molecule has 2 aliphatic rings. The summed E-state index contributed by atoms with van der Waals surface area (Å²) < 4.78 is 4.85. The fraction of sp³-hybridized carbons (Fsp3) is 0.571. The number of esters is 1. The van der Waals surface area contributed by atoms with Crippen molar-refractivity contribution >= 4 is 18.4 Å². The van der Waals surface area contributed by atoms with Crippen molar-refractivity contribution in [2.24, 2.45) is 0 Å². The van der Waals surface area contributed by atoms with Crippen LogP contribution >= 0.6 is 12.4 Å². The third-order valence-corrected chi connectivity index (χ3v) is 1.94. The van der Waals surface area contributed by atoms with E-state index in [1.165, 1.54) is 0 Å². The fourth-order valence-electron chi connectivity index (χ4n) is 1.36. The Morgan fingerprint density at radius 2 is 2.27 bits per heavy atom. The highest BCUT2D eigenvalue weighted by molar-refractivity contribution is 5.92. The lowest BCUT2D eigenvalue weighted by molar-refractivity contribution is -0.136. The van der Waals surface area contributed by atoms with Gasteiger partial charge in [0.25, 0.3) is 0 Å². The topological polar surface area (TPSA) is 38.3 Å². The number of ether oxygens (including phenoxy) is 1. The van der Waals surface area contributed by atoms with Gasteiger partial charge >= 0.3 is 5.97 Å². The van der Waals surface area contributed by atoms with Crippen LogP contribution in [-0.2, 0) is 9.53 Å². The highest BCUT2D eigenvalue weighted by Gasteiger charge is 2.25. The van der Waals surface area contributed by atoms with Crippen molar-refractivity contribution in [2.45, 2.75) is 6.42 Å². The molecule has 0 bridgehead atoms. The number of halogens is 1. The molecule has 11 heavy (non-hydrogen) atoms. The number of rotatable bonds is 0. The first-order valence-corrected chi connectivity index (χ1v) is 3.46. The highest BCUT2D eigenvalue weighted by atomic mass is 35.5. The summed E-state index contributed by atoms with van der Waals surface area (Å²) in [5.74, 6) is -0.100. The van der Waals surface area contributed by atoms with E-state index in [-0.39, 0.29) is 18.4 Å². The lowest BCUT2D eigenvalue weighted by atomic mass is 10.0. The number of carbonyl (C=O) groups excluding carboxylic acids is 1. The molecule has 0 amide bonds. The summed E-state index contributed by atoms with van der Waals surface area (Å²) in [6, 6.07) is 0. The van der Waals surface area contributed by atoms with Gasteiger partial charge in [0.05, 0.1) is 0 Å². The largest absolute Gasteiger partial charge is 0.458 e. The maximum absolute atomic E-state index is 10.9. The van der Waals surface area contributed by atoms with E-state index < -0.39 is 0 Å². The summed E-state index contributed by atoms with van der Waals surface area (Å²) in [6.45, 7) is 2.26. The van der Waals surface area contributed by atoms with Gasteiger partial charge in [-0.2, -0.15) is 0 Å². The first-order chi connectivity index (χ1) is 4.88. The third kappa shape index (κ3) is 1.39. The van der Waals surface area contributed by atoms with E-state index in [1.807, 2.05) is 0 Å². The molecule has 0 aromatic carbocycles. The zero-order chi connectivity index (χ0) is 6.97. The van der Waals surface area contributed by atoms with Gasteiger partial charge in [-0.05, 0) is 18.5 Å². The molecule has 0 atom stereocenters. The minimum absolute atomic E-state index is 0. The standard InChI is InChI=1S/C7H9NO2.ClH/c9-7-6-1-2-8-3-5(6)4-10-7;/h8H,1-4H2;1H. The van der Waals surface area contributed by atoms with Crippen LogP contribution in [0.4, 0.5) is 0 Å². The van der Waals surface area contributed by atoms with E-state index in [9.17, 15) is 4.79 Å². The molecule has 0 radical (unpaired) electrons. The summed E-state index contributed by atoms with van der Waals surface area (Å²) in [5, 5.41) is 3.19. The summed E-state index contributed by atoms with van der Waals surface area (Å²) in [6.07, 6.45) is 0.841. The molecule has 0 spiro atoms. The van der Waals surface area contributed by atoms with Gasteiger partial charge in [-0.25, -0.2) is 4.79 Å².